The smallest absolute Gasteiger partial charge is 0.369 e. The fourth-order valence-electron chi connectivity index (χ4n) is 6.56. The first-order valence-corrected chi connectivity index (χ1v) is 15.5. The molecule has 3 aromatic heterocycles. The number of alkyl halides is 5. The molecule has 0 aromatic carbocycles. The number of morpholine rings is 1. The zero-order valence-corrected chi connectivity index (χ0v) is 25.2. The van der Waals surface area contributed by atoms with Gasteiger partial charge in [-0.15, -0.1) is 0 Å². The number of hydrogen-bond acceptors (Lipinski definition) is 8. The van der Waals surface area contributed by atoms with E-state index in [4.69, 9.17) is 9.72 Å². The van der Waals surface area contributed by atoms with E-state index in [1.807, 2.05) is 6.92 Å². The summed E-state index contributed by atoms with van der Waals surface area (Å²) >= 11 is 0. The number of nitrogens with one attached hydrogen (secondary N) is 3. The monoisotopic (exact) mass is 653 g/mol. The molecular formula is C29H36F5N9O3. The minimum Gasteiger partial charge on any atom is -0.369 e. The third-order valence-electron chi connectivity index (χ3n) is 9.12. The average Bonchev–Trinajstić information content (AvgIpc) is 3.67. The summed E-state index contributed by atoms with van der Waals surface area (Å²) < 4.78 is 77.7. The minimum absolute atomic E-state index is 0.108. The number of nitrogens with zero attached hydrogens (tertiary/aromatic N) is 6. The SMILES string of the molecule is CCn1nccc1C(=O)N[C@H](c1cn2nc(C[C@H]3C[C@@H](C(F)(F)F)CNC3=O)c(C3CNCCO3)nc2n1)C1CCC(F)(F)CC1. The van der Waals surface area contributed by atoms with Crippen LogP contribution >= 0.6 is 0 Å². The highest BCUT2D eigenvalue weighted by Gasteiger charge is 2.45. The number of carbonyl (C=O) groups is 2. The number of carbonyl (C=O) groups excluding carboxylic acids is 2. The molecule has 2 amide bonds. The number of fused-ring (bicyclic) bond motifs is 1. The molecule has 1 unspecified atom stereocenters. The predicted octanol–water partition coefficient (Wildman–Crippen LogP) is 3.16. The third-order valence-corrected chi connectivity index (χ3v) is 9.12. The number of imidazole rings is 1. The molecule has 12 nitrogen and oxygen atoms in total. The first kappa shape index (κ1) is 32.2. The number of piperidine rings is 1. The molecule has 0 bridgehead atoms. The molecule has 250 valence electrons. The van der Waals surface area contributed by atoms with E-state index in [0.29, 0.717) is 43.3 Å². The zero-order chi connectivity index (χ0) is 32.6. The van der Waals surface area contributed by atoms with Crippen LogP contribution in [0.1, 0.15) is 78.7 Å². The summed E-state index contributed by atoms with van der Waals surface area (Å²) in [4.78, 5) is 35.5. The van der Waals surface area contributed by atoms with E-state index in [1.165, 1.54) is 15.4 Å². The van der Waals surface area contributed by atoms with Crippen LogP contribution in [0, 0.1) is 17.8 Å². The first-order valence-electron chi connectivity index (χ1n) is 15.5. The van der Waals surface area contributed by atoms with Crippen molar-refractivity contribution in [2.75, 3.05) is 26.2 Å². The Morgan fingerprint density at radius 3 is 2.70 bits per heavy atom. The Morgan fingerprint density at radius 1 is 1.22 bits per heavy atom. The number of rotatable bonds is 8. The van der Waals surface area contributed by atoms with Crippen LogP contribution in [0.25, 0.3) is 5.78 Å². The molecular weight excluding hydrogens is 617 g/mol. The fraction of sp³-hybridized carbons (Fsp3) is 0.655. The van der Waals surface area contributed by atoms with E-state index in [9.17, 15) is 31.5 Å². The average molecular weight is 654 g/mol. The van der Waals surface area contributed by atoms with Crippen molar-refractivity contribution in [2.24, 2.45) is 17.8 Å². The lowest BCUT2D eigenvalue weighted by atomic mass is 9.81. The van der Waals surface area contributed by atoms with Crippen molar-refractivity contribution in [3.63, 3.8) is 0 Å². The van der Waals surface area contributed by atoms with Gasteiger partial charge in [0.05, 0.1) is 41.8 Å². The summed E-state index contributed by atoms with van der Waals surface area (Å²) in [5, 5.41) is 17.4. The molecule has 2 saturated heterocycles. The Morgan fingerprint density at radius 2 is 2.00 bits per heavy atom. The third kappa shape index (κ3) is 6.84. The Balaban J connectivity index is 1.35. The molecule has 3 N–H and O–H groups in total. The number of aromatic nitrogens is 6. The lowest BCUT2D eigenvalue weighted by molar-refractivity contribution is -0.183. The molecule has 3 aromatic rings. The van der Waals surface area contributed by atoms with Gasteiger partial charge in [0.15, 0.2) is 0 Å². The van der Waals surface area contributed by atoms with E-state index >= 15 is 0 Å². The van der Waals surface area contributed by atoms with Gasteiger partial charge in [-0.05, 0) is 38.2 Å². The Hall–Kier alpha value is -3.73. The van der Waals surface area contributed by atoms with Gasteiger partial charge in [0.25, 0.3) is 11.7 Å². The van der Waals surface area contributed by atoms with Gasteiger partial charge in [0.1, 0.15) is 11.8 Å². The van der Waals surface area contributed by atoms with Crippen LogP contribution in [0.15, 0.2) is 18.5 Å². The largest absolute Gasteiger partial charge is 0.393 e. The van der Waals surface area contributed by atoms with Crippen molar-refractivity contribution < 1.29 is 36.3 Å². The van der Waals surface area contributed by atoms with E-state index in [-0.39, 0.29) is 55.9 Å². The lowest BCUT2D eigenvalue weighted by Crippen LogP contribution is -2.47. The van der Waals surface area contributed by atoms with Crippen molar-refractivity contribution in [3.8, 4) is 0 Å². The van der Waals surface area contributed by atoms with E-state index in [2.05, 4.69) is 31.1 Å². The summed E-state index contributed by atoms with van der Waals surface area (Å²) in [7, 11) is 0. The maximum absolute atomic E-state index is 14.1. The van der Waals surface area contributed by atoms with Crippen molar-refractivity contribution in [1.82, 2.24) is 45.3 Å². The first-order chi connectivity index (χ1) is 21.9. The van der Waals surface area contributed by atoms with Gasteiger partial charge in [-0.2, -0.15) is 23.4 Å². The zero-order valence-electron chi connectivity index (χ0n) is 25.2. The molecule has 0 spiro atoms. The Labute approximate surface area is 260 Å². The van der Waals surface area contributed by atoms with E-state index < -0.39 is 54.4 Å². The summed E-state index contributed by atoms with van der Waals surface area (Å²) in [5.41, 5.74) is 1.30. The normalized spacial score (nSPS) is 24.9. The highest BCUT2D eigenvalue weighted by Crippen LogP contribution is 2.41. The Kier molecular flexibility index (Phi) is 8.98. The molecule has 4 atom stereocenters. The fourth-order valence-corrected chi connectivity index (χ4v) is 6.56. The second-order valence-corrected chi connectivity index (χ2v) is 12.2. The topological polar surface area (TPSA) is 140 Å². The molecule has 1 saturated carbocycles. The molecule has 46 heavy (non-hydrogen) atoms. The summed E-state index contributed by atoms with van der Waals surface area (Å²) in [6.45, 7) is 3.15. The van der Waals surface area contributed by atoms with Gasteiger partial charge in [0.2, 0.25) is 11.8 Å². The van der Waals surface area contributed by atoms with Gasteiger partial charge in [-0.1, -0.05) is 0 Å². The minimum atomic E-state index is -4.46. The van der Waals surface area contributed by atoms with Crippen molar-refractivity contribution in [1.29, 1.82) is 0 Å². The van der Waals surface area contributed by atoms with E-state index in [0.717, 1.165) is 0 Å². The number of aryl methyl sites for hydroxylation is 1. The van der Waals surface area contributed by atoms with Gasteiger partial charge >= 0.3 is 6.18 Å². The molecule has 1 aliphatic carbocycles. The van der Waals surface area contributed by atoms with Crippen LogP contribution < -0.4 is 16.0 Å². The molecule has 3 aliphatic rings. The number of ether oxygens (including phenoxy) is 1. The molecule has 5 heterocycles. The molecule has 2 aliphatic heterocycles. The van der Waals surface area contributed by atoms with Crippen molar-refractivity contribution in [3.05, 3.63) is 41.2 Å². The summed E-state index contributed by atoms with van der Waals surface area (Å²) in [5.74, 6) is -6.62. The predicted molar refractivity (Wildman–Crippen MR) is 152 cm³/mol. The van der Waals surface area contributed by atoms with Crippen LogP contribution in [0.5, 0.6) is 0 Å². The van der Waals surface area contributed by atoms with Crippen molar-refractivity contribution in [2.45, 2.75) is 76.2 Å². The maximum atomic E-state index is 14.1. The highest BCUT2D eigenvalue weighted by atomic mass is 19.4. The molecule has 3 fully saturated rings. The number of halogens is 5. The second-order valence-electron chi connectivity index (χ2n) is 12.2. The van der Waals surface area contributed by atoms with Crippen LogP contribution in [0.3, 0.4) is 0 Å². The van der Waals surface area contributed by atoms with Gasteiger partial charge in [-0.25, -0.2) is 23.3 Å². The van der Waals surface area contributed by atoms with Crippen molar-refractivity contribution >= 4 is 17.6 Å². The second kappa shape index (κ2) is 12.8. The van der Waals surface area contributed by atoms with Gasteiger partial charge < -0.3 is 20.7 Å². The van der Waals surface area contributed by atoms with Crippen LogP contribution in [0.4, 0.5) is 22.0 Å². The summed E-state index contributed by atoms with van der Waals surface area (Å²) in [6.07, 6.45) is -2.86. The highest BCUT2D eigenvalue weighted by molar-refractivity contribution is 5.92. The summed E-state index contributed by atoms with van der Waals surface area (Å²) in [6, 6.07) is 0.808. The van der Waals surface area contributed by atoms with Gasteiger partial charge in [-0.3, -0.25) is 14.3 Å². The van der Waals surface area contributed by atoms with Crippen LogP contribution in [-0.2, 0) is 22.5 Å². The number of amides is 2. The lowest BCUT2D eigenvalue weighted by Gasteiger charge is -2.33. The van der Waals surface area contributed by atoms with E-state index in [1.54, 1.807) is 12.3 Å². The standard InChI is InChI=1S/C29H36F5N9O3/c1-2-42-21(5-8-37-42)26(45)39-23(16-3-6-28(30,31)7-4-16)20-15-43-27(38-20)40-24(22-14-35-9-10-46-22)19(41-43)12-17-11-18(29(32,33)34)13-36-25(17)44/h5,8,15-18,22-23,35H,2-4,6-7,9-14H2,1H3,(H,36,44)(H,39,45)/t17-,18-,22?,23+/m1/s1. The van der Waals surface area contributed by atoms with Crippen LogP contribution in [0.2, 0.25) is 0 Å². The molecule has 0 radical (unpaired) electrons. The maximum Gasteiger partial charge on any atom is 0.393 e. The molecule has 17 heteroatoms. The van der Waals surface area contributed by atoms with Gasteiger partial charge in [0, 0.05) is 57.6 Å². The Bertz CT molecular complexity index is 1560. The van der Waals surface area contributed by atoms with Crippen LogP contribution in [-0.4, -0.2) is 79.5 Å². The quantitative estimate of drug-likeness (QED) is 0.315. The molecule has 6 rings (SSSR count). The number of hydrogen-bond donors (Lipinski definition) is 3.